The minimum absolute atomic E-state index is 0.0418. The van der Waals surface area contributed by atoms with E-state index in [1.54, 1.807) is 19.1 Å². The van der Waals surface area contributed by atoms with Gasteiger partial charge in [-0.05, 0) is 25.1 Å². The summed E-state index contributed by atoms with van der Waals surface area (Å²) in [6, 6.07) is 4.72. The lowest BCUT2D eigenvalue weighted by Crippen LogP contribution is -2.25. The molecule has 0 saturated carbocycles. The third-order valence-electron chi connectivity index (χ3n) is 2.13. The van der Waals surface area contributed by atoms with E-state index in [0.717, 1.165) is 0 Å². The van der Waals surface area contributed by atoms with E-state index in [1.165, 1.54) is 6.07 Å². The van der Waals surface area contributed by atoms with Crippen molar-refractivity contribution in [2.75, 3.05) is 17.1 Å². The van der Waals surface area contributed by atoms with Gasteiger partial charge in [0.1, 0.15) is 4.99 Å². The third-order valence-corrected chi connectivity index (χ3v) is 3.99. The fraction of sp³-hybridized carbons (Fsp3) is 0.273. The van der Waals surface area contributed by atoms with Gasteiger partial charge >= 0.3 is 5.97 Å². The van der Waals surface area contributed by atoms with E-state index in [0.29, 0.717) is 10.0 Å². The number of anilines is 1. The molecule has 0 radical (unpaired) electrons. The number of halogens is 1. The normalized spacial score (nSPS) is 10.9. The van der Waals surface area contributed by atoms with Crippen LogP contribution in [0, 0.1) is 0 Å². The standard InChI is InChI=1S/C11H13BrN2O4S2/c1-2-18-10(15)6-20(16,17)14-9-4-3-7(12)5-8(9)11(13)19/h3-5,14H,2,6H2,1H3,(H2,13,19). The maximum absolute atomic E-state index is 11.8. The Morgan fingerprint density at radius 1 is 1.50 bits per heavy atom. The third kappa shape index (κ3) is 5.06. The Kier molecular flexibility index (Phi) is 5.90. The first-order chi connectivity index (χ1) is 9.25. The number of esters is 1. The average molecular weight is 381 g/mol. The Bertz CT molecular complexity index is 631. The van der Waals surface area contributed by atoms with E-state index in [9.17, 15) is 13.2 Å². The van der Waals surface area contributed by atoms with Gasteiger partial charge in [-0.1, -0.05) is 28.1 Å². The highest BCUT2D eigenvalue weighted by Crippen LogP contribution is 2.22. The predicted molar refractivity (Wildman–Crippen MR) is 84.1 cm³/mol. The van der Waals surface area contributed by atoms with Crippen LogP contribution in [0.2, 0.25) is 0 Å². The highest BCUT2D eigenvalue weighted by molar-refractivity contribution is 9.10. The number of rotatable bonds is 6. The maximum atomic E-state index is 11.8. The predicted octanol–water partition coefficient (Wildman–Crippen LogP) is 1.39. The van der Waals surface area contributed by atoms with Gasteiger partial charge in [-0.3, -0.25) is 9.52 Å². The second-order valence-electron chi connectivity index (χ2n) is 3.72. The zero-order chi connectivity index (χ0) is 15.3. The van der Waals surface area contributed by atoms with Crippen LogP contribution in [0.1, 0.15) is 12.5 Å². The lowest BCUT2D eigenvalue weighted by atomic mass is 10.2. The molecule has 0 aliphatic carbocycles. The summed E-state index contributed by atoms with van der Waals surface area (Å²) in [6.45, 7) is 1.71. The first-order valence-corrected chi connectivity index (χ1v) is 8.36. The van der Waals surface area contributed by atoms with Crippen molar-refractivity contribution in [2.24, 2.45) is 5.73 Å². The number of ether oxygens (including phenoxy) is 1. The lowest BCUT2D eigenvalue weighted by molar-refractivity contribution is -0.139. The van der Waals surface area contributed by atoms with E-state index in [-0.39, 0.29) is 17.3 Å². The quantitative estimate of drug-likeness (QED) is 0.571. The van der Waals surface area contributed by atoms with Crippen LogP contribution in [-0.4, -0.2) is 31.7 Å². The smallest absolute Gasteiger partial charge is 0.323 e. The first-order valence-electron chi connectivity index (χ1n) is 5.50. The van der Waals surface area contributed by atoms with Crippen molar-refractivity contribution in [1.29, 1.82) is 0 Å². The van der Waals surface area contributed by atoms with E-state index < -0.39 is 21.7 Å². The van der Waals surface area contributed by atoms with E-state index in [4.69, 9.17) is 18.0 Å². The molecule has 9 heteroatoms. The maximum Gasteiger partial charge on any atom is 0.323 e. The summed E-state index contributed by atoms with van der Waals surface area (Å²) < 4.78 is 31.2. The molecule has 0 aliphatic heterocycles. The van der Waals surface area contributed by atoms with Gasteiger partial charge in [0.05, 0.1) is 12.3 Å². The van der Waals surface area contributed by atoms with Crippen molar-refractivity contribution in [3.8, 4) is 0 Å². The molecule has 6 nitrogen and oxygen atoms in total. The molecule has 0 saturated heterocycles. The first kappa shape index (κ1) is 16.9. The van der Waals surface area contributed by atoms with Gasteiger partial charge in [0, 0.05) is 10.0 Å². The highest BCUT2D eigenvalue weighted by atomic mass is 79.9. The van der Waals surface area contributed by atoms with E-state index in [1.807, 2.05) is 0 Å². The van der Waals surface area contributed by atoms with Gasteiger partial charge in [0.15, 0.2) is 5.75 Å². The van der Waals surface area contributed by atoms with Crippen LogP contribution in [0.4, 0.5) is 5.69 Å². The Labute approximate surface area is 130 Å². The van der Waals surface area contributed by atoms with E-state index >= 15 is 0 Å². The molecule has 0 bridgehead atoms. The van der Waals surface area contributed by atoms with Crippen molar-refractivity contribution in [3.63, 3.8) is 0 Å². The summed E-state index contributed by atoms with van der Waals surface area (Å²) in [5.74, 6) is -1.60. The fourth-order valence-electron chi connectivity index (χ4n) is 1.37. The number of benzene rings is 1. The number of hydrogen-bond acceptors (Lipinski definition) is 5. The molecule has 1 aromatic rings. The average Bonchev–Trinajstić information content (AvgIpc) is 2.30. The zero-order valence-corrected chi connectivity index (χ0v) is 13.8. The monoisotopic (exact) mass is 380 g/mol. The number of hydrogen-bond donors (Lipinski definition) is 2. The Hall–Kier alpha value is -1.19. The van der Waals surface area contributed by atoms with Crippen molar-refractivity contribution < 1.29 is 17.9 Å². The SMILES string of the molecule is CCOC(=O)CS(=O)(=O)Nc1ccc(Br)cc1C(N)=S. The summed E-state index contributed by atoms with van der Waals surface area (Å²) >= 11 is 8.10. The Morgan fingerprint density at radius 3 is 2.70 bits per heavy atom. The van der Waals surface area contributed by atoms with Gasteiger partial charge in [0.25, 0.3) is 0 Å². The number of nitrogens with one attached hydrogen (secondary N) is 1. The van der Waals surface area contributed by atoms with Crippen LogP contribution in [-0.2, 0) is 19.6 Å². The minimum atomic E-state index is -3.88. The number of carbonyl (C=O) groups excluding carboxylic acids is 1. The summed E-state index contributed by atoms with van der Waals surface area (Å²) in [4.78, 5) is 11.3. The summed E-state index contributed by atoms with van der Waals surface area (Å²) in [6.07, 6.45) is 0. The molecule has 0 aromatic heterocycles. The molecule has 0 amide bonds. The second-order valence-corrected chi connectivity index (χ2v) is 6.80. The van der Waals surface area contributed by atoms with Crippen molar-refractivity contribution in [2.45, 2.75) is 6.92 Å². The molecule has 20 heavy (non-hydrogen) atoms. The number of carbonyl (C=O) groups is 1. The fourth-order valence-corrected chi connectivity index (χ4v) is 2.88. The molecule has 110 valence electrons. The molecule has 3 N–H and O–H groups in total. The molecule has 1 aromatic carbocycles. The number of sulfonamides is 1. The molecule has 0 atom stereocenters. The van der Waals surface area contributed by atoms with Crippen LogP contribution in [0.15, 0.2) is 22.7 Å². The van der Waals surface area contributed by atoms with Crippen LogP contribution in [0.3, 0.4) is 0 Å². The molecule has 1 rings (SSSR count). The van der Waals surface area contributed by atoms with Crippen LogP contribution >= 0.6 is 28.1 Å². The van der Waals surface area contributed by atoms with E-state index in [2.05, 4.69) is 25.4 Å². The summed E-state index contributed by atoms with van der Waals surface area (Å²) in [5, 5.41) is 0. The van der Waals surface area contributed by atoms with Crippen molar-refractivity contribution in [1.82, 2.24) is 0 Å². The molecule has 0 spiro atoms. The molecule has 0 aliphatic rings. The Morgan fingerprint density at radius 2 is 2.15 bits per heavy atom. The summed E-state index contributed by atoms with van der Waals surface area (Å²) in [7, 11) is -3.88. The van der Waals surface area contributed by atoms with Gasteiger partial charge in [-0.2, -0.15) is 0 Å². The largest absolute Gasteiger partial charge is 0.465 e. The topological polar surface area (TPSA) is 98.5 Å². The highest BCUT2D eigenvalue weighted by Gasteiger charge is 2.19. The van der Waals surface area contributed by atoms with Crippen LogP contribution in [0.25, 0.3) is 0 Å². The molecule has 0 unspecified atom stereocenters. The molecule has 0 fully saturated rings. The van der Waals surface area contributed by atoms with Crippen LogP contribution < -0.4 is 10.5 Å². The minimum Gasteiger partial charge on any atom is -0.465 e. The zero-order valence-electron chi connectivity index (χ0n) is 10.6. The number of nitrogens with two attached hydrogens (primary N) is 1. The van der Waals surface area contributed by atoms with Gasteiger partial charge < -0.3 is 10.5 Å². The lowest BCUT2D eigenvalue weighted by Gasteiger charge is -2.12. The van der Waals surface area contributed by atoms with Gasteiger partial charge in [-0.15, -0.1) is 0 Å². The molecular weight excluding hydrogens is 368 g/mol. The molecular formula is C11H13BrN2O4S2. The van der Waals surface area contributed by atoms with Gasteiger partial charge in [0.2, 0.25) is 10.0 Å². The second kappa shape index (κ2) is 7.00. The van der Waals surface area contributed by atoms with Gasteiger partial charge in [-0.25, -0.2) is 8.42 Å². The summed E-state index contributed by atoms with van der Waals surface area (Å²) in [5.41, 5.74) is 6.11. The van der Waals surface area contributed by atoms with Crippen molar-refractivity contribution >= 4 is 54.8 Å². The Balaban J connectivity index is 2.98. The van der Waals surface area contributed by atoms with Crippen LogP contribution in [0.5, 0.6) is 0 Å². The van der Waals surface area contributed by atoms with Crippen molar-refractivity contribution in [3.05, 3.63) is 28.2 Å². The molecule has 0 heterocycles. The number of thiocarbonyl (C=S) groups is 1.